The lowest BCUT2D eigenvalue weighted by Crippen LogP contribution is -2.42. The summed E-state index contributed by atoms with van der Waals surface area (Å²) in [6.07, 6.45) is 1.25. The summed E-state index contributed by atoms with van der Waals surface area (Å²) in [5.74, 6) is -1.85. The maximum absolute atomic E-state index is 12.4. The van der Waals surface area contributed by atoms with E-state index in [1.165, 1.54) is 12.4 Å². The monoisotopic (exact) mass is 343 g/mol. The molecule has 0 spiro atoms. The third kappa shape index (κ3) is 4.74. The molecule has 1 aromatic heterocycles. The quantitative estimate of drug-likeness (QED) is 0.683. The summed E-state index contributed by atoms with van der Waals surface area (Å²) in [7, 11) is 0. The molecule has 0 aliphatic heterocycles. The van der Waals surface area contributed by atoms with Gasteiger partial charge < -0.3 is 15.8 Å². The molecule has 0 unspecified atom stereocenters. The van der Waals surface area contributed by atoms with E-state index in [1.54, 1.807) is 37.3 Å². The van der Waals surface area contributed by atoms with Crippen LogP contribution in [-0.4, -0.2) is 34.4 Å². The Balaban J connectivity index is 2.23. The summed E-state index contributed by atoms with van der Waals surface area (Å²) in [4.78, 5) is 43.8. The zero-order valence-corrected chi connectivity index (χ0v) is 13.4. The molecule has 2 rings (SSSR count). The number of aromatic nitrogens is 2. The summed E-state index contributed by atoms with van der Waals surface area (Å²) in [6.45, 7) is 2.04. The number of carbonyl (C=O) groups excluding carboxylic acids is 3. The van der Waals surface area contributed by atoms with Gasteiger partial charge in [0.05, 0.1) is 0 Å². The highest BCUT2D eigenvalue weighted by molar-refractivity contribution is 5.99. The zero-order chi connectivity index (χ0) is 18.2. The summed E-state index contributed by atoms with van der Waals surface area (Å²) in [5.41, 5.74) is 5.77. The van der Waals surface area contributed by atoms with Gasteiger partial charge in [-0.3, -0.25) is 10.1 Å². The van der Waals surface area contributed by atoms with E-state index < -0.39 is 24.0 Å². The number of rotatable bonds is 5. The van der Waals surface area contributed by atoms with Gasteiger partial charge >= 0.3 is 12.0 Å². The predicted octanol–water partition coefficient (Wildman–Crippen LogP) is 0.803. The number of amides is 3. The average Bonchev–Trinajstić information content (AvgIpc) is 2.60. The van der Waals surface area contributed by atoms with Gasteiger partial charge in [-0.1, -0.05) is 30.3 Å². The Labute approximate surface area is 143 Å². The SMILES string of the molecule is CCNC(=O)NC(=O)[C@H](OC(=O)c1nccnc1N)c1ccccc1. The molecule has 1 heterocycles. The van der Waals surface area contributed by atoms with Crippen molar-refractivity contribution in [2.75, 3.05) is 12.3 Å². The van der Waals surface area contributed by atoms with Crippen molar-refractivity contribution in [3.8, 4) is 0 Å². The van der Waals surface area contributed by atoms with Crippen LogP contribution in [0.3, 0.4) is 0 Å². The third-order valence-corrected chi connectivity index (χ3v) is 3.06. The van der Waals surface area contributed by atoms with E-state index >= 15 is 0 Å². The van der Waals surface area contributed by atoms with E-state index in [4.69, 9.17) is 10.5 Å². The first kappa shape index (κ1) is 17.9. The minimum atomic E-state index is -1.35. The normalized spacial score (nSPS) is 11.2. The Morgan fingerprint density at radius 1 is 1.16 bits per heavy atom. The first-order chi connectivity index (χ1) is 12.0. The van der Waals surface area contributed by atoms with Crippen LogP contribution in [0.25, 0.3) is 0 Å². The van der Waals surface area contributed by atoms with E-state index in [0.29, 0.717) is 12.1 Å². The predicted molar refractivity (Wildman–Crippen MR) is 88.3 cm³/mol. The van der Waals surface area contributed by atoms with Gasteiger partial charge in [-0.2, -0.15) is 0 Å². The number of ether oxygens (including phenoxy) is 1. The highest BCUT2D eigenvalue weighted by Crippen LogP contribution is 2.20. The molecule has 0 radical (unpaired) electrons. The molecule has 0 saturated heterocycles. The number of hydrogen-bond donors (Lipinski definition) is 3. The van der Waals surface area contributed by atoms with Crippen molar-refractivity contribution in [1.82, 2.24) is 20.6 Å². The van der Waals surface area contributed by atoms with Gasteiger partial charge in [0.1, 0.15) is 0 Å². The maximum Gasteiger partial charge on any atom is 0.361 e. The van der Waals surface area contributed by atoms with Gasteiger partial charge in [0, 0.05) is 24.5 Å². The molecule has 0 saturated carbocycles. The minimum absolute atomic E-state index is 0.122. The van der Waals surface area contributed by atoms with Crippen molar-refractivity contribution >= 4 is 23.7 Å². The first-order valence-corrected chi connectivity index (χ1v) is 7.44. The van der Waals surface area contributed by atoms with Crippen molar-refractivity contribution in [3.05, 3.63) is 54.0 Å². The van der Waals surface area contributed by atoms with Crippen molar-refractivity contribution < 1.29 is 19.1 Å². The highest BCUT2D eigenvalue weighted by atomic mass is 16.5. The number of nitrogens with two attached hydrogens (primary N) is 1. The second kappa shape index (κ2) is 8.39. The fourth-order valence-corrected chi connectivity index (χ4v) is 1.95. The largest absolute Gasteiger partial charge is 0.442 e. The van der Waals surface area contributed by atoms with Crippen molar-refractivity contribution in [3.63, 3.8) is 0 Å². The lowest BCUT2D eigenvalue weighted by atomic mass is 10.1. The maximum atomic E-state index is 12.4. The number of nitrogens with zero attached hydrogens (tertiary/aromatic N) is 2. The molecule has 2 aromatic rings. The van der Waals surface area contributed by atoms with Crippen molar-refractivity contribution in [1.29, 1.82) is 0 Å². The molecule has 1 atom stereocenters. The number of nitrogen functional groups attached to an aromatic ring is 1. The number of carbonyl (C=O) groups is 3. The van der Waals surface area contributed by atoms with Gasteiger partial charge in [-0.25, -0.2) is 19.6 Å². The highest BCUT2D eigenvalue weighted by Gasteiger charge is 2.28. The average molecular weight is 343 g/mol. The summed E-state index contributed by atoms with van der Waals surface area (Å²) in [5, 5.41) is 4.54. The molecule has 0 aliphatic rings. The van der Waals surface area contributed by atoms with Crippen molar-refractivity contribution in [2.24, 2.45) is 0 Å². The molecule has 3 amide bonds. The molecule has 1 aromatic carbocycles. The lowest BCUT2D eigenvalue weighted by molar-refractivity contribution is -0.129. The molecule has 0 bridgehead atoms. The Morgan fingerprint density at radius 2 is 1.84 bits per heavy atom. The number of urea groups is 1. The Morgan fingerprint density at radius 3 is 2.48 bits per heavy atom. The van der Waals surface area contributed by atoms with Crippen LogP contribution in [0.15, 0.2) is 42.7 Å². The van der Waals surface area contributed by atoms with Crippen LogP contribution in [0.1, 0.15) is 29.1 Å². The minimum Gasteiger partial charge on any atom is -0.442 e. The van der Waals surface area contributed by atoms with Crippen LogP contribution < -0.4 is 16.4 Å². The Hall–Kier alpha value is -3.49. The topological polar surface area (TPSA) is 136 Å². The number of esters is 1. The molecule has 0 aliphatic carbocycles. The van der Waals surface area contributed by atoms with Crippen LogP contribution in [-0.2, 0) is 9.53 Å². The molecular weight excluding hydrogens is 326 g/mol. The van der Waals surface area contributed by atoms with Gasteiger partial charge in [-0.15, -0.1) is 0 Å². The summed E-state index contributed by atoms with van der Waals surface area (Å²) >= 11 is 0. The second-order valence-electron chi connectivity index (χ2n) is 4.83. The second-order valence-corrected chi connectivity index (χ2v) is 4.83. The van der Waals surface area contributed by atoms with E-state index in [1.807, 2.05) is 0 Å². The molecule has 4 N–H and O–H groups in total. The lowest BCUT2D eigenvalue weighted by Gasteiger charge is -2.17. The summed E-state index contributed by atoms with van der Waals surface area (Å²) < 4.78 is 5.23. The van der Waals surface area contributed by atoms with Gasteiger partial charge in [0.25, 0.3) is 5.91 Å². The zero-order valence-electron chi connectivity index (χ0n) is 13.4. The van der Waals surface area contributed by atoms with Crippen LogP contribution in [0.5, 0.6) is 0 Å². The number of nitrogens with one attached hydrogen (secondary N) is 2. The third-order valence-electron chi connectivity index (χ3n) is 3.06. The van der Waals surface area contributed by atoms with Crippen molar-refractivity contribution in [2.45, 2.75) is 13.0 Å². The van der Waals surface area contributed by atoms with E-state index in [-0.39, 0.29) is 11.5 Å². The van der Waals surface area contributed by atoms with Crippen LogP contribution >= 0.6 is 0 Å². The van der Waals surface area contributed by atoms with Crippen LogP contribution in [0.2, 0.25) is 0 Å². The Kier molecular flexibility index (Phi) is 5.99. The fraction of sp³-hybridized carbons (Fsp3) is 0.188. The van der Waals surface area contributed by atoms with Crippen LogP contribution in [0.4, 0.5) is 10.6 Å². The standard InChI is InChI=1S/C16H17N5O4/c1-2-18-16(24)21-14(22)12(10-6-4-3-5-7-10)25-15(23)11-13(17)20-9-8-19-11/h3-9,12H,2H2,1H3,(H2,17,20)(H2,18,21,22,24)/t12-/m1/s1. The molecule has 9 heteroatoms. The molecule has 9 nitrogen and oxygen atoms in total. The van der Waals surface area contributed by atoms with E-state index in [2.05, 4.69) is 20.6 Å². The number of hydrogen-bond acceptors (Lipinski definition) is 7. The van der Waals surface area contributed by atoms with Gasteiger partial charge in [0.15, 0.2) is 11.5 Å². The molecule has 25 heavy (non-hydrogen) atoms. The van der Waals surface area contributed by atoms with E-state index in [9.17, 15) is 14.4 Å². The smallest absolute Gasteiger partial charge is 0.361 e. The Bertz CT molecular complexity index is 766. The fourth-order valence-electron chi connectivity index (χ4n) is 1.95. The number of benzene rings is 1. The van der Waals surface area contributed by atoms with Gasteiger partial charge in [-0.05, 0) is 6.92 Å². The number of anilines is 1. The van der Waals surface area contributed by atoms with Gasteiger partial charge in [0.2, 0.25) is 6.10 Å². The number of imide groups is 1. The van der Waals surface area contributed by atoms with E-state index in [0.717, 1.165) is 0 Å². The molecule has 0 fully saturated rings. The summed E-state index contributed by atoms with van der Waals surface area (Å²) in [6, 6.07) is 7.58. The molecular formula is C16H17N5O4. The van der Waals surface area contributed by atoms with Crippen LogP contribution in [0, 0.1) is 0 Å². The first-order valence-electron chi connectivity index (χ1n) is 7.44. The molecule has 130 valence electrons.